The van der Waals surface area contributed by atoms with Crippen LogP contribution < -0.4 is 0 Å². The van der Waals surface area contributed by atoms with Crippen LogP contribution in [0, 0.1) is 0 Å². The quantitative estimate of drug-likeness (QED) is 0.160. The molecule has 0 unspecified atom stereocenters. The Morgan fingerprint density at radius 2 is 0.474 bits per heavy atom. The normalized spacial score (nSPS) is 11.9. The zero-order chi connectivity index (χ0) is 49.8. The van der Waals surface area contributed by atoms with Crippen LogP contribution in [-0.4, -0.2) is 28.2 Å². The summed E-state index contributed by atoms with van der Waals surface area (Å²) >= 11 is 0. The highest BCUT2D eigenvalue weighted by molar-refractivity contribution is 6.21. The number of pyridine rings is 2. The average Bonchev–Trinajstić information content (AvgIpc) is 4.28. The summed E-state index contributed by atoms with van der Waals surface area (Å²) in [5.74, 6) is 0. The van der Waals surface area contributed by atoms with Crippen LogP contribution in [0.25, 0.3) is 143 Å². The van der Waals surface area contributed by atoms with Crippen LogP contribution in [0.3, 0.4) is 0 Å². The van der Waals surface area contributed by atoms with Gasteiger partial charge in [0.2, 0.25) is 0 Å². The summed E-state index contributed by atoms with van der Waals surface area (Å²) in [6.07, 6.45) is 7.50. The molecule has 0 fully saturated rings. The second-order valence-electron chi connectivity index (χ2n) is 19.8. The molecule has 0 atom stereocenters. The van der Waals surface area contributed by atoms with Crippen molar-refractivity contribution >= 4 is 87.2 Å². The number of hydrogen-bond donors (Lipinski definition) is 0. The van der Waals surface area contributed by atoms with Crippen molar-refractivity contribution in [2.45, 2.75) is 0 Å². The fraction of sp³-hybridized carbons (Fsp3) is 0. The molecular formula is C70H44N6. The highest BCUT2D eigenvalue weighted by Crippen LogP contribution is 2.43. The van der Waals surface area contributed by atoms with Crippen molar-refractivity contribution in [1.29, 1.82) is 0 Å². The Kier molecular flexibility index (Phi) is 9.23. The lowest BCUT2D eigenvalue weighted by molar-refractivity contribution is 1.15. The molecule has 0 amide bonds. The summed E-state index contributed by atoms with van der Waals surface area (Å²) in [6.45, 7) is 0. The smallest absolute Gasteiger partial charge is 0.0562 e. The van der Waals surface area contributed by atoms with Crippen molar-refractivity contribution < 1.29 is 0 Å². The molecular weight excluding hydrogens is 925 g/mol. The van der Waals surface area contributed by atoms with E-state index in [0.29, 0.717) is 0 Å². The Labute approximate surface area is 436 Å². The van der Waals surface area contributed by atoms with Crippen molar-refractivity contribution in [1.82, 2.24) is 28.2 Å². The molecule has 0 saturated heterocycles. The minimum absolute atomic E-state index is 1.09. The van der Waals surface area contributed by atoms with Gasteiger partial charge in [-0.25, -0.2) is 0 Å². The van der Waals surface area contributed by atoms with E-state index in [4.69, 9.17) is 0 Å². The van der Waals surface area contributed by atoms with Crippen molar-refractivity contribution in [3.05, 3.63) is 267 Å². The van der Waals surface area contributed by atoms with Crippen LogP contribution in [0.5, 0.6) is 0 Å². The fourth-order valence-corrected chi connectivity index (χ4v) is 12.3. The first-order valence-electron chi connectivity index (χ1n) is 25.9. The predicted molar refractivity (Wildman–Crippen MR) is 316 cm³/mol. The molecule has 6 nitrogen and oxygen atoms in total. The maximum Gasteiger partial charge on any atom is 0.0562 e. The highest BCUT2D eigenvalue weighted by Gasteiger charge is 2.22. The van der Waals surface area contributed by atoms with E-state index >= 15 is 0 Å². The summed E-state index contributed by atoms with van der Waals surface area (Å²) in [5, 5.41) is 9.79. The molecule has 0 aliphatic heterocycles. The number of para-hydroxylation sites is 2. The van der Waals surface area contributed by atoms with Crippen LogP contribution in [0.15, 0.2) is 267 Å². The lowest BCUT2D eigenvalue weighted by Gasteiger charge is -2.12. The molecule has 16 rings (SSSR count). The SMILES string of the molecule is c1ccc(-c2ccc3c(c2)c2cc4c5ccccc5n(-c5ccncc5)c4cc2n3-c2ccc(-c3ccc(-n4c5ccc(-c6ccccc6)cc5c5cc6c7ccccc7n(-c7ccncc7)c6cc54)cc3)cc2)cc1. The number of aromatic nitrogens is 6. The van der Waals surface area contributed by atoms with E-state index in [1.807, 2.05) is 24.8 Å². The van der Waals surface area contributed by atoms with Gasteiger partial charge in [-0.05, 0) is 143 Å². The monoisotopic (exact) mass is 968 g/mol. The van der Waals surface area contributed by atoms with E-state index in [1.54, 1.807) is 0 Å². The minimum Gasteiger partial charge on any atom is -0.309 e. The molecule has 0 radical (unpaired) electrons. The number of benzene rings is 10. The van der Waals surface area contributed by atoms with Crippen molar-refractivity contribution in [2.75, 3.05) is 0 Å². The van der Waals surface area contributed by atoms with E-state index in [9.17, 15) is 0 Å². The number of hydrogen-bond acceptors (Lipinski definition) is 2. The Bertz CT molecular complexity index is 4620. The van der Waals surface area contributed by atoms with Crippen LogP contribution in [-0.2, 0) is 0 Å². The summed E-state index contributed by atoms with van der Waals surface area (Å²) in [5.41, 5.74) is 20.8. The summed E-state index contributed by atoms with van der Waals surface area (Å²) in [4.78, 5) is 8.73. The van der Waals surface area contributed by atoms with Gasteiger partial charge >= 0.3 is 0 Å². The zero-order valence-corrected chi connectivity index (χ0v) is 41.1. The molecule has 16 aromatic rings. The number of rotatable bonds is 7. The van der Waals surface area contributed by atoms with E-state index < -0.39 is 0 Å². The van der Waals surface area contributed by atoms with Gasteiger partial charge in [-0.2, -0.15) is 0 Å². The molecule has 0 spiro atoms. The van der Waals surface area contributed by atoms with Crippen LogP contribution >= 0.6 is 0 Å². The van der Waals surface area contributed by atoms with Gasteiger partial charge in [0.15, 0.2) is 0 Å². The van der Waals surface area contributed by atoms with Gasteiger partial charge in [-0.1, -0.05) is 133 Å². The summed E-state index contributed by atoms with van der Waals surface area (Å²) < 4.78 is 9.63. The standard InChI is InChI=1S/C70H44N6/c1-3-11-45(12-4-1)49-23-29-65-57(39-49)61-41-59-55-15-7-9-17-63(55)75(53-31-35-71-36-32-53)67(59)43-69(61)73(65)51-25-19-47(20-26-51)48-21-27-52(28-22-48)74-66-30-24-50(46-13-5-2-6-14-46)40-58(66)62-42-60-56-16-8-10-18-64(56)76(68(60)44-70(62)74)54-33-37-72-38-34-54/h1-44H. The second-order valence-corrected chi connectivity index (χ2v) is 19.8. The molecule has 354 valence electrons. The predicted octanol–water partition coefficient (Wildman–Crippen LogP) is 17.9. The third-order valence-corrected chi connectivity index (χ3v) is 15.8. The Morgan fingerprint density at radius 1 is 0.184 bits per heavy atom. The fourth-order valence-electron chi connectivity index (χ4n) is 12.3. The molecule has 10 aromatic carbocycles. The van der Waals surface area contributed by atoms with Crippen molar-refractivity contribution in [3.63, 3.8) is 0 Å². The van der Waals surface area contributed by atoms with Gasteiger partial charge in [0, 0.05) is 90.6 Å². The first kappa shape index (κ1) is 42.2. The maximum atomic E-state index is 4.36. The Hall–Kier alpha value is -10.3. The largest absolute Gasteiger partial charge is 0.309 e. The molecule has 6 heteroatoms. The molecule has 0 N–H and O–H groups in total. The maximum absolute atomic E-state index is 4.36. The van der Waals surface area contributed by atoms with Gasteiger partial charge in [0.25, 0.3) is 0 Å². The zero-order valence-electron chi connectivity index (χ0n) is 41.1. The molecule has 0 saturated carbocycles. The number of fused-ring (bicyclic) bond motifs is 12. The third-order valence-electron chi connectivity index (χ3n) is 15.8. The molecule has 0 aliphatic carbocycles. The third kappa shape index (κ3) is 6.41. The van der Waals surface area contributed by atoms with E-state index in [1.165, 1.54) is 87.4 Å². The lowest BCUT2D eigenvalue weighted by atomic mass is 10.0. The van der Waals surface area contributed by atoms with E-state index in [-0.39, 0.29) is 0 Å². The van der Waals surface area contributed by atoms with Crippen LogP contribution in [0.2, 0.25) is 0 Å². The van der Waals surface area contributed by atoms with Gasteiger partial charge in [0.1, 0.15) is 0 Å². The van der Waals surface area contributed by atoms with Crippen LogP contribution in [0.4, 0.5) is 0 Å². The second kappa shape index (κ2) is 16.6. The highest BCUT2D eigenvalue weighted by atomic mass is 15.0. The molecule has 6 aromatic heterocycles. The number of nitrogens with zero attached hydrogens (tertiary/aromatic N) is 6. The Balaban J connectivity index is 0.843. The van der Waals surface area contributed by atoms with E-state index in [2.05, 4.69) is 271 Å². The first-order valence-corrected chi connectivity index (χ1v) is 25.9. The lowest BCUT2D eigenvalue weighted by Crippen LogP contribution is -1.96. The average molecular weight is 969 g/mol. The van der Waals surface area contributed by atoms with Gasteiger partial charge < -0.3 is 18.3 Å². The van der Waals surface area contributed by atoms with Gasteiger partial charge in [0.05, 0.1) is 44.1 Å². The van der Waals surface area contributed by atoms with Gasteiger partial charge in [-0.15, -0.1) is 0 Å². The molecule has 0 bridgehead atoms. The molecule has 6 heterocycles. The summed E-state index contributed by atoms with van der Waals surface area (Å²) in [6, 6.07) is 88.9. The summed E-state index contributed by atoms with van der Waals surface area (Å²) in [7, 11) is 0. The van der Waals surface area contributed by atoms with Crippen LogP contribution in [0.1, 0.15) is 0 Å². The van der Waals surface area contributed by atoms with Crippen molar-refractivity contribution in [2.24, 2.45) is 0 Å². The first-order chi connectivity index (χ1) is 37.7. The topological polar surface area (TPSA) is 45.5 Å². The molecule has 76 heavy (non-hydrogen) atoms. The molecule has 0 aliphatic rings. The van der Waals surface area contributed by atoms with Crippen molar-refractivity contribution in [3.8, 4) is 56.1 Å². The Morgan fingerprint density at radius 3 is 0.868 bits per heavy atom. The van der Waals surface area contributed by atoms with Gasteiger partial charge in [-0.3, -0.25) is 9.97 Å². The minimum atomic E-state index is 1.09. The van der Waals surface area contributed by atoms with E-state index in [0.717, 1.165) is 55.9 Å².